The van der Waals surface area contributed by atoms with Crippen molar-refractivity contribution in [2.24, 2.45) is 12.8 Å². The van der Waals surface area contributed by atoms with E-state index >= 15 is 0 Å². The summed E-state index contributed by atoms with van der Waals surface area (Å²) in [6.45, 7) is 2.65. The molecule has 1 aliphatic rings. The molecule has 1 heterocycles. The largest absolute Gasteiger partial charge is 0.326 e. The van der Waals surface area contributed by atoms with Crippen molar-refractivity contribution in [3.8, 4) is 0 Å². The van der Waals surface area contributed by atoms with Gasteiger partial charge >= 0.3 is 0 Å². The molecule has 0 saturated heterocycles. The zero-order chi connectivity index (χ0) is 10.8. The Balaban J connectivity index is 2.18. The quantitative estimate of drug-likeness (QED) is 0.858. The van der Waals surface area contributed by atoms with Crippen LogP contribution >= 0.6 is 11.8 Å². The average Bonchev–Trinajstić information content (AvgIpc) is 2.77. The minimum absolute atomic E-state index is 0.606. The molecule has 0 aliphatic heterocycles. The van der Waals surface area contributed by atoms with Crippen LogP contribution in [0.5, 0.6) is 0 Å². The summed E-state index contributed by atoms with van der Waals surface area (Å²) in [5.74, 6) is 0. The minimum atomic E-state index is 0.606. The molecule has 2 N–H and O–H groups in total. The molecule has 0 atom stereocenters. The molecule has 1 aromatic heterocycles. The van der Waals surface area contributed by atoms with Gasteiger partial charge < -0.3 is 5.73 Å². The van der Waals surface area contributed by atoms with E-state index in [1.54, 1.807) is 0 Å². The minimum Gasteiger partial charge on any atom is -0.326 e. The maximum absolute atomic E-state index is 5.77. The highest BCUT2D eigenvalue weighted by molar-refractivity contribution is 7.99. The molecule has 84 valence electrons. The van der Waals surface area contributed by atoms with E-state index in [1.807, 2.05) is 30.4 Å². The summed E-state index contributed by atoms with van der Waals surface area (Å²) in [5, 5.41) is 6.50. The van der Waals surface area contributed by atoms with Crippen LogP contribution in [0.15, 0.2) is 5.03 Å². The van der Waals surface area contributed by atoms with E-state index < -0.39 is 0 Å². The van der Waals surface area contributed by atoms with Gasteiger partial charge in [-0.3, -0.25) is 4.68 Å². The smallest absolute Gasteiger partial charge is 0.0987 e. The van der Waals surface area contributed by atoms with Crippen molar-refractivity contribution in [1.82, 2.24) is 9.78 Å². The van der Waals surface area contributed by atoms with Crippen LogP contribution in [0.25, 0.3) is 0 Å². The lowest BCUT2D eigenvalue weighted by Gasteiger charge is -2.10. The SMILES string of the molecule is Cc1nn(C)c(SC2CCCC2)c1CN. The zero-order valence-corrected chi connectivity index (χ0v) is 10.3. The van der Waals surface area contributed by atoms with Crippen molar-refractivity contribution in [1.29, 1.82) is 0 Å². The number of aryl methyl sites for hydroxylation is 2. The fraction of sp³-hybridized carbons (Fsp3) is 0.727. The van der Waals surface area contributed by atoms with Crippen molar-refractivity contribution in [3.05, 3.63) is 11.3 Å². The number of hydrogen-bond acceptors (Lipinski definition) is 3. The third-order valence-electron chi connectivity index (χ3n) is 3.07. The molecule has 0 aromatic carbocycles. The Morgan fingerprint density at radius 2 is 2.13 bits per heavy atom. The maximum atomic E-state index is 5.77. The number of thioether (sulfide) groups is 1. The summed E-state index contributed by atoms with van der Waals surface area (Å²) in [5.41, 5.74) is 8.09. The van der Waals surface area contributed by atoms with Crippen LogP contribution in [0.3, 0.4) is 0 Å². The van der Waals surface area contributed by atoms with Crippen molar-refractivity contribution in [2.45, 2.75) is 49.4 Å². The van der Waals surface area contributed by atoms with Crippen molar-refractivity contribution < 1.29 is 0 Å². The van der Waals surface area contributed by atoms with E-state index in [0.29, 0.717) is 6.54 Å². The van der Waals surface area contributed by atoms with Crippen LogP contribution < -0.4 is 5.73 Å². The highest BCUT2D eigenvalue weighted by Gasteiger charge is 2.20. The maximum Gasteiger partial charge on any atom is 0.0987 e. The van der Waals surface area contributed by atoms with Crippen LogP contribution in [0.4, 0.5) is 0 Å². The molecule has 1 aromatic rings. The van der Waals surface area contributed by atoms with Gasteiger partial charge in [0.2, 0.25) is 0 Å². The molecule has 4 heteroatoms. The molecular formula is C11H19N3S. The van der Waals surface area contributed by atoms with Gasteiger partial charge in [-0.2, -0.15) is 5.10 Å². The van der Waals surface area contributed by atoms with Gasteiger partial charge in [0.05, 0.1) is 10.7 Å². The average molecular weight is 225 g/mol. The van der Waals surface area contributed by atoms with Crippen LogP contribution in [-0.4, -0.2) is 15.0 Å². The van der Waals surface area contributed by atoms with Crippen molar-refractivity contribution in [3.63, 3.8) is 0 Å². The second-order valence-electron chi connectivity index (χ2n) is 4.22. The molecule has 0 spiro atoms. The number of rotatable bonds is 3. The highest BCUT2D eigenvalue weighted by atomic mass is 32.2. The predicted molar refractivity (Wildman–Crippen MR) is 63.9 cm³/mol. The van der Waals surface area contributed by atoms with Crippen molar-refractivity contribution in [2.75, 3.05) is 0 Å². The monoisotopic (exact) mass is 225 g/mol. The molecule has 0 radical (unpaired) electrons. The first-order chi connectivity index (χ1) is 7.22. The van der Waals surface area contributed by atoms with E-state index in [0.717, 1.165) is 10.9 Å². The first-order valence-electron chi connectivity index (χ1n) is 5.61. The standard InChI is InChI=1S/C11H19N3S/c1-8-10(7-12)11(14(2)13-8)15-9-5-3-4-6-9/h9H,3-7,12H2,1-2H3. The highest BCUT2D eigenvalue weighted by Crippen LogP contribution is 2.36. The fourth-order valence-corrected chi connectivity index (χ4v) is 3.68. The first-order valence-corrected chi connectivity index (χ1v) is 6.49. The van der Waals surface area contributed by atoms with Gasteiger partial charge in [-0.05, 0) is 19.8 Å². The van der Waals surface area contributed by atoms with Crippen LogP contribution in [0.2, 0.25) is 0 Å². The van der Waals surface area contributed by atoms with Gasteiger partial charge in [-0.25, -0.2) is 0 Å². The molecule has 1 fully saturated rings. The summed E-state index contributed by atoms with van der Waals surface area (Å²) >= 11 is 1.97. The summed E-state index contributed by atoms with van der Waals surface area (Å²) in [4.78, 5) is 0. The van der Waals surface area contributed by atoms with Crippen LogP contribution in [0, 0.1) is 6.92 Å². The van der Waals surface area contributed by atoms with Gasteiger partial charge in [0, 0.05) is 24.4 Å². The Bertz CT molecular complexity index is 340. The lowest BCUT2D eigenvalue weighted by Crippen LogP contribution is -2.03. The first kappa shape index (κ1) is 11.0. The number of aromatic nitrogens is 2. The number of nitrogens with two attached hydrogens (primary N) is 1. The molecule has 15 heavy (non-hydrogen) atoms. The molecule has 1 aliphatic carbocycles. The Morgan fingerprint density at radius 3 is 2.73 bits per heavy atom. The Kier molecular flexibility index (Phi) is 3.36. The zero-order valence-electron chi connectivity index (χ0n) is 9.49. The van der Waals surface area contributed by atoms with E-state index in [4.69, 9.17) is 5.73 Å². The molecular weight excluding hydrogens is 206 g/mol. The molecule has 0 amide bonds. The molecule has 0 unspecified atom stereocenters. The Morgan fingerprint density at radius 1 is 1.47 bits per heavy atom. The van der Waals surface area contributed by atoms with Crippen LogP contribution in [-0.2, 0) is 13.6 Å². The van der Waals surface area contributed by atoms with Gasteiger partial charge in [0.15, 0.2) is 0 Å². The van der Waals surface area contributed by atoms with Crippen LogP contribution in [0.1, 0.15) is 36.9 Å². The molecule has 2 rings (SSSR count). The summed E-state index contributed by atoms with van der Waals surface area (Å²) in [6.07, 6.45) is 5.46. The van der Waals surface area contributed by atoms with Gasteiger partial charge in [-0.15, -0.1) is 11.8 Å². The summed E-state index contributed by atoms with van der Waals surface area (Å²) in [7, 11) is 2.02. The van der Waals surface area contributed by atoms with Gasteiger partial charge in [0.25, 0.3) is 0 Å². The van der Waals surface area contributed by atoms with E-state index in [1.165, 1.54) is 36.3 Å². The summed E-state index contributed by atoms with van der Waals surface area (Å²) < 4.78 is 1.99. The molecule has 1 saturated carbocycles. The van der Waals surface area contributed by atoms with Crippen molar-refractivity contribution >= 4 is 11.8 Å². The molecule has 3 nitrogen and oxygen atoms in total. The molecule has 0 bridgehead atoms. The lowest BCUT2D eigenvalue weighted by molar-refractivity contribution is 0.685. The Hall–Kier alpha value is -0.480. The van der Waals surface area contributed by atoms with E-state index in [2.05, 4.69) is 5.10 Å². The van der Waals surface area contributed by atoms with Gasteiger partial charge in [0.1, 0.15) is 0 Å². The third-order valence-corrected chi connectivity index (χ3v) is 4.61. The number of hydrogen-bond donors (Lipinski definition) is 1. The lowest BCUT2D eigenvalue weighted by atomic mass is 10.3. The topological polar surface area (TPSA) is 43.8 Å². The van der Waals surface area contributed by atoms with E-state index in [9.17, 15) is 0 Å². The summed E-state index contributed by atoms with van der Waals surface area (Å²) in [6, 6.07) is 0. The van der Waals surface area contributed by atoms with E-state index in [-0.39, 0.29) is 0 Å². The predicted octanol–water partition coefficient (Wildman–Crippen LogP) is 2.22. The Labute approximate surface area is 95.4 Å². The third kappa shape index (κ3) is 2.21. The second kappa shape index (κ2) is 4.58. The normalized spacial score (nSPS) is 17.5. The second-order valence-corrected chi connectivity index (χ2v) is 5.51. The fourth-order valence-electron chi connectivity index (χ4n) is 2.23. The number of nitrogens with zero attached hydrogens (tertiary/aromatic N) is 2. The van der Waals surface area contributed by atoms with Gasteiger partial charge in [-0.1, -0.05) is 12.8 Å².